The number of hydrogen-bond acceptors (Lipinski definition) is 5. The number of hydrazine groups is 1. The van der Waals surface area contributed by atoms with Crippen molar-refractivity contribution in [1.29, 1.82) is 0 Å². The molecule has 24 heavy (non-hydrogen) atoms. The normalized spacial score (nSPS) is 10.7. The quantitative estimate of drug-likeness (QED) is 0.437. The molecular weight excluding hydrogens is 324 g/mol. The van der Waals surface area contributed by atoms with Gasteiger partial charge in [-0.05, 0) is 35.9 Å². The SMILES string of the molecule is Clc1nc(NNc2ccccc2)c2cnn(-c3ccccc3)c2n1. The number of aromatic nitrogens is 4. The van der Waals surface area contributed by atoms with Crippen LogP contribution in [0.4, 0.5) is 11.5 Å². The highest BCUT2D eigenvalue weighted by Gasteiger charge is 2.13. The second kappa shape index (κ2) is 6.17. The van der Waals surface area contributed by atoms with E-state index in [0.29, 0.717) is 11.5 Å². The molecule has 0 radical (unpaired) electrons. The minimum absolute atomic E-state index is 0.151. The van der Waals surface area contributed by atoms with Crippen molar-refractivity contribution < 1.29 is 0 Å². The standard InChI is InChI=1S/C17H13ClN6/c18-17-20-15(23-22-12-7-3-1-4-8-12)14-11-19-24(16(14)21-17)13-9-5-2-6-10-13/h1-11,22H,(H,20,21,23). The number of nitrogens with one attached hydrogen (secondary N) is 2. The van der Waals surface area contributed by atoms with Gasteiger partial charge in [-0.2, -0.15) is 15.1 Å². The summed E-state index contributed by atoms with van der Waals surface area (Å²) in [7, 11) is 0. The summed E-state index contributed by atoms with van der Waals surface area (Å²) in [5.74, 6) is 0.566. The van der Waals surface area contributed by atoms with Gasteiger partial charge in [0.1, 0.15) is 0 Å². The van der Waals surface area contributed by atoms with Crippen LogP contribution in [0.2, 0.25) is 5.28 Å². The number of para-hydroxylation sites is 2. The largest absolute Gasteiger partial charge is 0.300 e. The van der Waals surface area contributed by atoms with Crippen LogP contribution in [0.15, 0.2) is 66.9 Å². The fraction of sp³-hybridized carbons (Fsp3) is 0. The predicted octanol–water partition coefficient (Wildman–Crippen LogP) is 3.91. The number of nitrogens with zero attached hydrogens (tertiary/aromatic N) is 4. The van der Waals surface area contributed by atoms with Crippen LogP contribution in [0.3, 0.4) is 0 Å². The number of halogens is 1. The number of benzene rings is 2. The third kappa shape index (κ3) is 2.75. The molecule has 0 aliphatic rings. The van der Waals surface area contributed by atoms with Gasteiger partial charge in [0.25, 0.3) is 0 Å². The molecule has 0 saturated carbocycles. The summed E-state index contributed by atoms with van der Waals surface area (Å²) < 4.78 is 1.73. The van der Waals surface area contributed by atoms with E-state index in [9.17, 15) is 0 Å². The van der Waals surface area contributed by atoms with Gasteiger partial charge in [-0.1, -0.05) is 36.4 Å². The van der Waals surface area contributed by atoms with Crippen LogP contribution < -0.4 is 10.9 Å². The Kier molecular flexibility index (Phi) is 3.72. The van der Waals surface area contributed by atoms with Crippen molar-refractivity contribution in [3.8, 4) is 5.69 Å². The van der Waals surface area contributed by atoms with Gasteiger partial charge in [-0.25, -0.2) is 4.68 Å². The fourth-order valence-corrected chi connectivity index (χ4v) is 2.55. The molecule has 4 aromatic rings. The van der Waals surface area contributed by atoms with Crippen molar-refractivity contribution in [2.45, 2.75) is 0 Å². The van der Waals surface area contributed by atoms with Crippen molar-refractivity contribution in [1.82, 2.24) is 19.7 Å². The van der Waals surface area contributed by atoms with E-state index in [-0.39, 0.29) is 5.28 Å². The molecule has 0 spiro atoms. The number of anilines is 2. The predicted molar refractivity (Wildman–Crippen MR) is 95.4 cm³/mol. The summed E-state index contributed by atoms with van der Waals surface area (Å²) in [6.07, 6.45) is 1.72. The molecule has 0 amide bonds. The van der Waals surface area contributed by atoms with Crippen molar-refractivity contribution in [2.24, 2.45) is 0 Å². The fourth-order valence-electron chi connectivity index (χ4n) is 2.39. The second-order valence-electron chi connectivity index (χ2n) is 5.09. The Morgan fingerprint density at radius 1 is 0.833 bits per heavy atom. The molecular formula is C17H13ClN6. The van der Waals surface area contributed by atoms with Crippen LogP contribution in [0.1, 0.15) is 0 Å². The molecule has 0 fully saturated rings. The van der Waals surface area contributed by atoms with Gasteiger partial charge in [0.05, 0.1) is 23.0 Å². The average Bonchev–Trinajstić information content (AvgIpc) is 3.05. The second-order valence-corrected chi connectivity index (χ2v) is 5.42. The number of rotatable bonds is 4. The van der Waals surface area contributed by atoms with E-state index in [1.807, 2.05) is 60.7 Å². The molecule has 0 unspecified atom stereocenters. The number of fused-ring (bicyclic) bond motifs is 1. The maximum atomic E-state index is 6.09. The first-order valence-electron chi connectivity index (χ1n) is 7.35. The van der Waals surface area contributed by atoms with Crippen molar-refractivity contribution >= 4 is 34.1 Å². The van der Waals surface area contributed by atoms with Crippen molar-refractivity contribution in [2.75, 3.05) is 10.9 Å². The van der Waals surface area contributed by atoms with Gasteiger partial charge in [0.2, 0.25) is 5.28 Å². The van der Waals surface area contributed by atoms with E-state index in [0.717, 1.165) is 16.8 Å². The zero-order chi connectivity index (χ0) is 16.4. The average molecular weight is 337 g/mol. The minimum Gasteiger partial charge on any atom is -0.300 e. The van der Waals surface area contributed by atoms with E-state index in [1.165, 1.54) is 0 Å². The van der Waals surface area contributed by atoms with E-state index in [4.69, 9.17) is 11.6 Å². The van der Waals surface area contributed by atoms with Gasteiger partial charge >= 0.3 is 0 Å². The number of hydrogen-bond donors (Lipinski definition) is 2. The highest BCUT2D eigenvalue weighted by Crippen LogP contribution is 2.24. The van der Waals surface area contributed by atoms with Crippen molar-refractivity contribution in [3.05, 3.63) is 72.1 Å². The van der Waals surface area contributed by atoms with Crippen LogP contribution in [-0.4, -0.2) is 19.7 Å². The lowest BCUT2D eigenvalue weighted by molar-refractivity contribution is 0.895. The first kappa shape index (κ1) is 14.5. The maximum Gasteiger partial charge on any atom is 0.226 e. The Morgan fingerprint density at radius 2 is 1.54 bits per heavy atom. The first-order valence-corrected chi connectivity index (χ1v) is 7.73. The Balaban J connectivity index is 1.73. The Hall–Kier alpha value is -3.12. The third-order valence-corrected chi connectivity index (χ3v) is 3.67. The molecule has 0 aliphatic carbocycles. The monoisotopic (exact) mass is 336 g/mol. The third-order valence-electron chi connectivity index (χ3n) is 3.50. The molecule has 4 rings (SSSR count). The molecule has 0 bridgehead atoms. The lowest BCUT2D eigenvalue weighted by atomic mass is 10.3. The molecule has 2 aromatic carbocycles. The molecule has 0 aliphatic heterocycles. The smallest absolute Gasteiger partial charge is 0.226 e. The topological polar surface area (TPSA) is 67.7 Å². The zero-order valence-corrected chi connectivity index (χ0v) is 13.3. The van der Waals surface area contributed by atoms with Crippen LogP contribution in [-0.2, 0) is 0 Å². The lowest BCUT2D eigenvalue weighted by Gasteiger charge is -2.10. The summed E-state index contributed by atoms with van der Waals surface area (Å²) in [6.45, 7) is 0. The van der Waals surface area contributed by atoms with E-state index >= 15 is 0 Å². The molecule has 2 aromatic heterocycles. The molecule has 0 saturated heterocycles. The molecule has 6 nitrogen and oxygen atoms in total. The van der Waals surface area contributed by atoms with E-state index in [2.05, 4.69) is 25.9 Å². The summed E-state index contributed by atoms with van der Waals surface area (Å²) in [5.41, 5.74) is 8.62. The summed E-state index contributed by atoms with van der Waals surface area (Å²) >= 11 is 6.09. The zero-order valence-electron chi connectivity index (χ0n) is 12.5. The van der Waals surface area contributed by atoms with E-state index < -0.39 is 0 Å². The van der Waals surface area contributed by atoms with Gasteiger partial charge < -0.3 is 0 Å². The van der Waals surface area contributed by atoms with E-state index in [1.54, 1.807) is 10.9 Å². The molecule has 2 N–H and O–H groups in total. The molecule has 2 heterocycles. The van der Waals surface area contributed by atoms with Crippen LogP contribution in [0.5, 0.6) is 0 Å². The summed E-state index contributed by atoms with van der Waals surface area (Å²) in [5, 5.41) is 5.33. The van der Waals surface area contributed by atoms with Crippen molar-refractivity contribution in [3.63, 3.8) is 0 Å². The van der Waals surface area contributed by atoms with Crippen LogP contribution in [0.25, 0.3) is 16.7 Å². The Bertz CT molecular complexity index is 968. The van der Waals surface area contributed by atoms with Crippen LogP contribution in [0, 0.1) is 0 Å². The van der Waals surface area contributed by atoms with Gasteiger partial charge in [-0.15, -0.1) is 0 Å². The Labute approximate surface area is 143 Å². The maximum absolute atomic E-state index is 6.09. The molecule has 118 valence electrons. The van der Waals surface area contributed by atoms with Crippen LogP contribution >= 0.6 is 11.6 Å². The minimum atomic E-state index is 0.151. The molecule has 0 atom stereocenters. The Morgan fingerprint density at radius 3 is 2.29 bits per heavy atom. The first-order chi connectivity index (χ1) is 11.8. The summed E-state index contributed by atoms with van der Waals surface area (Å²) in [6, 6.07) is 19.5. The highest BCUT2D eigenvalue weighted by atomic mass is 35.5. The van der Waals surface area contributed by atoms with Gasteiger partial charge in [0.15, 0.2) is 11.5 Å². The lowest BCUT2D eigenvalue weighted by Crippen LogP contribution is -2.11. The van der Waals surface area contributed by atoms with Gasteiger partial charge in [0, 0.05) is 0 Å². The summed E-state index contributed by atoms with van der Waals surface area (Å²) in [4.78, 5) is 8.57. The van der Waals surface area contributed by atoms with Gasteiger partial charge in [-0.3, -0.25) is 10.9 Å². The molecule has 7 heteroatoms. The highest BCUT2D eigenvalue weighted by molar-refractivity contribution is 6.28.